The Morgan fingerprint density at radius 2 is 1.86 bits per heavy atom. The number of hydrogen-bond acceptors (Lipinski definition) is 5. The third kappa shape index (κ3) is 4.04. The van der Waals surface area contributed by atoms with Gasteiger partial charge < -0.3 is 10.6 Å². The average molecular weight is 392 g/mol. The molecule has 0 radical (unpaired) electrons. The first-order valence-electron chi connectivity index (χ1n) is 9.14. The Hall–Kier alpha value is -3.19. The van der Waals surface area contributed by atoms with Gasteiger partial charge in [0.1, 0.15) is 0 Å². The lowest BCUT2D eigenvalue weighted by molar-refractivity contribution is -0.118. The van der Waals surface area contributed by atoms with Crippen molar-refractivity contribution in [2.24, 2.45) is 5.92 Å². The molecule has 0 fully saturated rings. The van der Waals surface area contributed by atoms with Crippen molar-refractivity contribution in [2.45, 2.75) is 20.4 Å². The van der Waals surface area contributed by atoms with Crippen LogP contribution in [0.4, 0.5) is 10.8 Å². The van der Waals surface area contributed by atoms with Gasteiger partial charge in [-0.2, -0.15) is 0 Å². The molecular formula is C21H21N5OS. The number of carbonyl (C=O) groups excluding carboxylic acids is 1. The molecule has 0 spiro atoms. The Morgan fingerprint density at radius 3 is 2.54 bits per heavy atom. The molecule has 2 N–H and O–H groups in total. The summed E-state index contributed by atoms with van der Waals surface area (Å²) in [6.07, 6.45) is 1.94. The molecule has 0 aliphatic heterocycles. The van der Waals surface area contributed by atoms with Gasteiger partial charge in [-0.25, -0.2) is 9.50 Å². The van der Waals surface area contributed by atoms with Crippen LogP contribution in [-0.2, 0) is 11.3 Å². The van der Waals surface area contributed by atoms with E-state index in [9.17, 15) is 4.79 Å². The zero-order chi connectivity index (χ0) is 19.5. The lowest BCUT2D eigenvalue weighted by Crippen LogP contribution is -2.17. The van der Waals surface area contributed by atoms with Gasteiger partial charge in [0.05, 0.1) is 11.9 Å². The summed E-state index contributed by atoms with van der Waals surface area (Å²) in [5.74, 6) is -0.0144. The third-order valence-corrected chi connectivity index (χ3v) is 5.18. The fourth-order valence-corrected chi connectivity index (χ4v) is 3.47. The molecule has 4 rings (SSSR count). The monoisotopic (exact) mass is 391 g/mol. The number of nitrogens with one attached hydrogen (secondary N) is 2. The number of aromatic nitrogens is 3. The molecule has 0 saturated carbocycles. The van der Waals surface area contributed by atoms with E-state index in [1.807, 2.05) is 74.6 Å². The summed E-state index contributed by atoms with van der Waals surface area (Å²) >= 11 is 1.52. The zero-order valence-corrected chi connectivity index (χ0v) is 16.5. The molecule has 2 aromatic carbocycles. The van der Waals surface area contributed by atoms with E-state index in [0.29, 0.717) is 6.54 Å². The summed E-state index contributed by atoms with van der Waals surface area (Å²) in [5.41, 5.74) is 3.92. The second-order valence-corrected chi connectivity index (χ2v) is 7.78. The van der Waals surface area contributed by atoms with Crippen molar-refractivity contribution in [1.29, 1.82) is 0 Å². The van der Waals surface area contributed by atoms with Gasteiger partial charge in [-0.1, -0.05) is 67.6 Å². The number of amides is 1. The average Bonchev–Trinajstić information content (AvgIpc) is 3.27. The van der Waals surface area contributed by atoms with Gasteiger partial charge >= 0.3 is 0 Å². The maximum atomic E-state index is 11.7. The van der Waals surface area contributed by atoms with Gasteiger partial charge in [0.15, 0.2) is 0 Å². The lowest BCUT2D eigenvalue weighted by Gasteiger charge is -2.08. The number of benzene rings is 2. The zero-order valence-electron chi connectivity index (χ0n) is 15.7. The number of rotatable bonds is 6. The summed E-state index contributed by atoms with van der Waals surface area (Å²) in [6.45, 7) is 4.41. The summed E-state index contributed by atoms with van der Waals surface area (Å²) in [7, 11) is 0. The van der Waals surface area contributed by atoms with E-state index in [0.717, 1.165) is 32.6 Å². The number of hydrogen-bond donors (Lipinski definition) is 2. The smallest absolute Gasteiger partial charge is 0.226 e. The fourth-order valence-electron chi connectivity index (χ4n) is 2.69. The van der Waals surface area contributed by atoms with Crippen LogP contribution >= 0.6 is 11.3 Å². The fraction of sp³-hybridized carbons (Fsp3) is 0.190. The quantitative estimate of drug-likeness (QED) is 0.501. The molecular weight excluding hydrogens is 370 g/mol. The van der Waals surface area contributed by atoms with E-state index in [1.54, 1.807) is 4.52 Å². The first kappa shape index (κ1) is 18.2. The van der Waals surface area contributed by atoms with Crippen molar-refractivity contribution in [1.82, 2.24) is 14.6 Å². The highest BCUT2D eigenvalue weighted by Crippen LogP contribution is 2.24. The number of fused-ring (bicyclic) bond motifs is 1. The van der Waals surface area contributed by atoms with Crippen molar-refractivity contribution in [3.8, 4) is 11.3 Å². The molecule has 0 aliphatic rings. The molecule has 6 nitrogen and oxygen atoms in total. The Morgan fingerprint density at radius 1 is 1.11 bits per heavy atom. The van der Waals surface area contributed by atoms with Crippen LogP contribution in [0, 0.1) is 5.92 Å². The molecule has 28 heavy (non-hydrogen) atoms. The van der Waals surface area contributed by atoms with Crippen molar-refractivity contribution in [3.05, 3.63) is 66.4 Å². The third-order valence-electron chi connectivity index (χ3n) is 4.30. The molecule has 0 saturated heterocycles. The summed E-state index contributed by atoms with van der Waals surface area (Å²) < 4.78 is 1.81. The van der Waals surface area contributed by atoms with Crippen molar-refractivity contribution >= 4 is 33.0 Å². The molecule has 0 unspecified atom stereocenters. The van der Waals surface area contributed by atoms with E-state index in [4.69, 9.17) is 0 Å². The first-order valence-corrected chi connectivity index (χ1v) is 9.95. The van der Waals surface area contributed by atoms with Crippen molar-refractivity contribution in [2.75, 3.05) is 10.6 Å². The van der Waals surface area contributed by atoms with Crippen LogP contribution in [0.25, 0.3) is 16.2 Å². The van der Waals surface area contributed by atoms with E-state index in [-0.39, 0.29) is 11.8 Å². The predicted molar refractivity (Wildman–Crippen MR) is 114 cm³/mol. The van der Waals surface area contributed by atoms with Crippen LogP contribution in [-0.4, -0.2) is 20.5 Å². The Balaban J connectivity index is 1.39. The van der Waals surface area contributed by atoms with Gasteiger partial charge in [-0.3, -0.25) is 4.79 Å². The maximum Gasteiger partial charge on any atom is 0.226 e. The highest BCUT2D eigenvalue weighted by molar-refractivity contribution is 7.20. The van der Waals surface area contributed by atoms with Gasteiger partial charge in [0.2, 0.25) is 16.0 Å². The summed E-state index contributed by atoms with van der Waals surface area (Å²) in [6, 6.07) is 17.9. The van der Waals surface area contributed by atoms with E-state index in [1.165, 1.54) is 11.3 Å². The van der Waals surface area contributed by atoms with Crippen molar-refractivity contribution < 1.29 is 4.79 Å². The molecule has 0 atom stereocenters. The number of anilines is 2. The highest BCUT2D eigenvalue weighted by atomic mass is 32.1. The lowest BCUT2D eigenvalue weighted by atomic mass is 10.1. The minimum atomic E-state index is -0.0347. The summed E-state index contributed by atoms with van der Waals surface area (Å²) in [4.78, 5) is 17.2. The molecule has 0 bridgehead atoms. The molecule has 1 amide bonds. The van der Waals surface area contributed by atoms with Crippen LogP contribution < -0.4 is 10.6 Å². The Kier molecular flexibility index (Phi) is 5.08. The van der Waals surface area contributed by atoms with Gasteiger partial charge in [0.25, 0.3) is 0 Å². The molecule has 7 heteroatoms. The molecule has 2 heterocycles. The second kappa shape index (κ2) is 7.82. The number of nitrogens with zero attached hydrogens (tertiary/aromatic N) is 3. The van der Waals surface area contributed by atoms with E-state index in [2.05, 4.69) is 20.7 Å². The van der Waals surface area contributed by atoms with Gasteiger partial charge in [-0.15, -0.1) is 5.10 Å². The van der Waals surface area contributed by atoms with Crippen LogP contribution in [0.15, 0.2) is 60.8 Å². The largest absolute Gasteiger partial charge is 0.356 e. The van der Waals surface area contributed by atoms with Crippen LogP contribution in [0.3, 0.4) is 0 Å². The van der Waals surface area contributed by atoms with Crippen LogP contribution in [0.5, 0.6) is 0 Å². The summed E-state index contributed by atoms with van der Waals surface area (Å²) in [5, 5.41) is 11.6. The standard InChI is InChI=1S/C21H21N5OS/c1-14(2)19(27)23-17-10-8-15(9-11-17)12-22-20-25-26-13-18(24-21(26)28-20)16-6-4-3-5-7-16/h3-11,13-14H,12H2,1-2H3,(H,22,25)(H,23,27). The van der Waals surface area contributed by atoms with Crippen LogP contribution in [0.1, 0.15) is 19.4 Å². The normalized spacial score (nSPS) is 11.1. The second-order valence-electron chi connectivity index (χ2n) is 6.82. The van der Waals surface area contributed by atoms with Crippen molar-refractivity contribution in [3.63, 3.8) is 0 Å². The SMILES string of the molecule is CC(C)C(=O)Nc1ccc(CNc2nn3cc(-c4ccccc4)nc3s2)cc1. The predicted octanol–water partition coefficient (Wildman–Crippen LogP) is 4.66. The van der Waals surface area contributed by atoms with E-state index < -0.39 is 0 Å². The van der Waals surface area contributed by atoms with Gasteiger partial charge in [0, 0.05) is 23.7 Å². The van der Waals surface area contributed by atoms with E-state index >= 15 is 0 Å². The first-order chi connectivity index (χ1) is 13.6. The minimum Gasteiger partial charge on any atom is -0.356 e. The number of imidazole rings is 1. The van der Waals surface area contributed by atoms with Crippen LogP contribution in [0.2, 0.25) is 0 Å². The molecule has 4 aromatic rings. The maximum absolute atomic E-state index is 11.7. The van der Waals surface area contributed by atoms with Gasteiger partial charge in [-0.05, 0) is 17.7 Å². The Bertz CT molecular complexity index is 1050. The Labute approximate surface area is 167 Å². The molecule has 2 aromatic heterocycles. The highest BCUT2D eigenvalue weighted by Gasteiger charge is 2.10. The minimum absolute atomic E-state index is 0.0203. The topological polar surface area (TPSA) is 71.3 Å². The molecule has 0 aliphatic carbocycles. The number of carbonyl (C=O) groups is 1. The molecule has 142 valence electrons.